The molecular formula is C16H22N2O2. The van der Waals surface area contributed by atoms with Crippen LogP contribution in [0.5, 0.6) is 0 Å². The summed E-state index contributed by atoms with van der Waals surface area (Å²) in [6.07, 6.45) is 3.29. The monoisotopic (exact) mass is 274 g/mol. The van der Waals surface area contributed by atoms with Crippen molar-refractivity contribution in [3.05, 3.63) is 29.6 Å². The van der Waals surface area contributed by atoms with E-state index >= 15 is 0 Å². The Bertz CT molecular complexity index is 614. The van der Waals surface area contributed by atoms with Gasteiger partial charge in [-0.1, -0.05) is 19.4 Å². The molecule has 1 N–H and O–H groups in total. The maximum Gasteiger partial charge on any atom is 0.307 e. The highest BCUT2D eigenvalue weighted by Gasteiger charge is 2.13. The zero-order chi connectivity index (χ0) is 14.7. The molecule has 0 spiro atoms. The van der Waals surface area contributed by atoms with Crippen LogP contribution in [0.4, 0.5) is 0 Å². The first-order valence-corrected chi connectivity index (χ1v) is 7.24. The second kappa shape index (κ2) is 6.07. The normalized spacial score (nSPS) is 11.4. The highest BCUT2D eigenvalue weighted by atomic mass is 16.4. The topological polar surface area (TPSA) is 55.1 Å². The summed E-state index contributed by atoms with van der Waals surface area (Å²) in [5, 5.41) is 8.88. The Morgan fingerprint density at radius 1 is 1.40 bits per heavy atom. The number of carboxylic acid groups (broad SMARTS) is 1. The Balaban J connectivity index is 2.46. The number of aryl methyl sites for hydroxylation is 1. The number of carboxylic acids is 1. The van der Waals surface area contributed by atoms with Crippen molar-refractivity contribution in [1.29, 1.82) is 0 Å². The molecule has 0 radical (unpaired) electrons. The number of hydrogen-bond donors (Lipinski definition) is 1. The van der Waals surface area contributed by atoms with Crippen molar-refractivity contribution in [3.8, 4) is 0 Å². The highest BCUT2D eigenvalue weighted by Crippen LogP contribution is 2.23. The lowest BCUT2D eigenvalue weighted by Crippen LogP contribution is -2.06. The van der Waals surface area contributed by atoms with Crippen LogP contribution in [0.1, 0.15) is 51.0 Å². The van der Waals surface area contributed by atoms with Crippen molar-refractivity contribution in [3.63, 3.8) is 0 Å². The molecule has 0 amide bonds. The molecule has 20 heavy (non-hydrogen) atoms. The van der Waals surface area contributed by atoms with Crippen LogP contribution >= 0.6 is 0 Å². The summed E-state index contributed by atoms with van der Waals surface area (Å²) < 4.78 is 2.26. The Kier molecular flexibility index (Phi) is 4.42. The summed E-state index contributed by atoms with van der Waals surface area (Å²) in [5.74, 6) is 0.295. The minimum absolute atomic E-state index is 0.0504. The van der Waals surface area contributed by atoms with Crippen molar-refractivity contribution < 1.29 is 9.90 Å². The first kappa shape index (κ1) is 14.6. The van der Waals surface area contributed by atoms with Gasteiger partial charge in [-0.05, 0) is 38.0 Å². The van der Waals surface area contributed by atoms with E-state index in [4.69, 9.17) is 10.1 Å². The second-order valence-electron chi connectivity index (χ2n) is 5.49. The van der Waals surface area contributed by atoms with Gasteiger partial charge in [0.2, 0.25) is 0 Å². The van der Waals surface area contributed by atoms with Gasteiger partial charge < -0.3 is 9.67 Å². The summed E-state index contributed by atoms with van der Waals surface area (Å²) in [5.41, 5.74) is 2.81. The van der Waals surface area contributed by atoms with E-state index in [2.05, 4.69) is 25.3 Å². The van der Waals surface area contributed by atoms with Crippen LogP contribution in [0, 0.1) is 0 Å². The van der Waals surface area contributed by atoms with Crippen LogP contribution in [-0.4, -0.2) is 20.6 Å². The average Bonchev–Trinajstić information content (AvgIpc) is 2.73. The molecule has 1 heterocycles. The highest BCUT2D eigenvalue weighted by molar-refractivity contribution is 5.79. The lowest BCUT2D eigenvalue weighted by Gasteiger charge is -2.12. The number of hydrogen-bond acceptors (Lipinski definition) is 2. The summed E-state index contributed by atoms with van der Waals surface area (Å²) >= 11 is 0. The Morgan fingerprint density at radius 3 is 2.75 bits per heavy atom. The van der Waals surface area contributed by atoms with E-state index in [9.17, 15) is 4.79 Å². The number of aromatic nitrogens is 2. The molecule has 108 valence electrons. The maximum absolute atomic E-state index is 10.8. The fraction of sp³-hybridized carbons (Fsp3) is 0.500. The zero-order valence-electron chi connectivity index (χ0n) is 12.4. The first-order valence-electron chi connectivity index (χ1n) is 7.24. The van der Waals surface area contributed by atoms with E-state index in [1.807, 2.05) is 18.2 Å². The Labute approximate surface area is 119 Å². The molecule has 0 aliphatic rings. The Hall–Kier alpha value is -1.84. The molecule has 1 aromatic carbocycles. The summed E-state index contributed by atoms with van der Waals surface area (Å²) in [7, 11) is 0. The lowest BCUT2D eigenvalue weighted by atomic mass is 10.1. The molecule has 0 fully saturated rings. The quantitative estimate of drug-likeness (QED) is 0.875. The second-order valence-corrected chi connectivity index (χ2v) is 5.49. The molecule has 4 nitrogen and oxygen atoms in total. The number of fused-ring (bicyclic) bond motifs is 1. The molecule has 0 aliphatic carbocycles. The van der Waals surface area contributed by atoms with Crippen molar-refractivity contribution in [2.75, 3.05) is 0 Å². The van der Waals surface area contributed by atoms with Crippen molar-refractivity contribution in [1.82, 2.24) is 9.55 Å². The van der Waals surface area contributed by atoms with Crippen LogP contribution in [-0.2, 0) is 17.6 Å². The van der Waals surface area contributed by atoms with E-state index < -0.39 is 5.97 Å². The fourth-order valence-electron chi connectivity index (χ4n) is 2.57. The van der Waals surface area contributed by atoms with Crippen molar-refractivity contribution in [2.24, 2.45) is 0 Å². The van der Waals surface area contributed by atoms with Gasteiger partial charge in [0.25, 0.3) is 0 Å². The molecule has 0 aliphatic heterocycles. The van der Waals surface area contributed by atoms with Gasteiger partial charge in [-0.3, -0.25) is 4.79 Å². The third kappa shape index (κ3) is 3.00. The van der Waals surface area contributed by atoms with Crippen molar-refractivity contribution >= 4 is 17.0 Å². The number of nitrogens with zero attached hydrogens (tertiary/aromatic N) is 2. The molecule has 0 saturated heterocycles. The molecule has 2 rings (SSSR count). The maximum atomic E-state index is 10.8. The molecule has 0 atom stereocenters. The summed E-state index contributed by atoms with van der Waals surface area (Å²) in [6.45, 7) is 6.48. The van der Waals surface area contributed by atoms with Crippen LogP contribution in [0.2, 0.25) is 0 Å². The van der Waals surface area contributed by atoms with E-state index in [1.54, 1.807) is 0 Å². The van der Waals surface area contributed by atoms with Crippen LogP contribution in [0.15, 0.2) is 18.2 Å². The van der Waals surface area contributed by atoms with Crippen LogP contribution < -0.4 is 0 Å². The first-order chi connectivity index (χ1) is 9.52. The predicted octanol–water partition coefficient (Wildman–Crippen LogP) is 3.59. The van der Waals surface area contributed by atoms with E-state index in [0.717, 1.165) is 41.7 Å². The smallest absolute Gasteiger partial charge is 0.307 e. The van der Waals surface area contributed by atoms with E-state index in [-0.39, 0.29) is 6.42 Å². The molecule has 4 heteroatoms. The third-order valence-corrected chi connectivity index (χ3v) is 3.45. The third-order valence-electron chi connectivity index (χ3n) is 3.45. The summed E-state index contributed by atoms with van der Waals surface area (Å²) in [6, 6.07) is 6.14. The number of aliphatic carboxylic acids is 1. The zero-order valence-corrected chi connectivity index (χ0v) is 12.4. The van der Waals surface area contributed by atoms with Crippen LogP contribution in [0.25, 0.3) is 11.0 Å². The number of imidazole rings is 1. The largest absolute Gasteiger partial charge is 0.481 e. The van der Waals surface area contributed by atoms with Crippen molar-refractivity contribution in [2.45, 2.75) is 52.5 Å². The van der Waals surface area contributed by atoms with Gasteiger partial charge in [0, 0.05) is 12.5 Å². The van der Waals surface area contributed by atoms with Gasteiger partial charge in [-0.15, -0.1) is 0 Å². The molecular weight excluding hydrogens is 252 g/mol. The van der Waals surface area contributed by atoms with Gasteiger partial charge in [0.1, 0.15) is 5.82 Å². The minimum Gasteiger partial charge on any atom is -0.481 e. The number of benzene rings is 1. The Morgan fingerprint density at radius 2 is 2.15 bits per heavy atom. The average molecular weight is 274 g/mol. The SMILES string of the molecule is CCCCc1nc2cc(CC(=O)O)ccc2n1C(C)C. The van der Waals surface area contributed by atoms with Gasteiger partial charge in [-0.2, -0.15) is 0 Å². The number of rotatable bonds is 6. The predicted molar refractivity (Wildman–Crippen MR) is 80.1 cm³/mol. The fourth-order valence-corrected chi connectivity index (χ4v) is 2.57. The minimum atomic E-state index is -0.807. The molecule has 1 aromatic heterocycles. The molecule has 0 unspecified atom stereocenters. The lowest BCUT2D eigenvalue weighted by molar-refractivity contribution is -0.136. The van der Waals surface area contributed by atoms with Gasteiger partial charge in [0.15, 0.2) is 0 Å². The molecule has 2 aromatic rings. The van der Waals surface area contributed by atoms with Crippen LogP contribution in [0.3, 0.4) is 0 Å². The van der Waals surface area contributed by atoms with Gasteiger partial charge in [-0.25, -0.2) is 4.98 Å². The van der Waals surface area contributed by atoms with Gasteiger partial charge >= 0.3 is 5.97 Å². The standard InChI is InChI=1S/C16H22N2O2/c1-4-5-6-15-17-13-9-12(10-16(19)20)7-8-14(13)18(15)11(2)3/h7-9,11H,4-6,10H2,1-3H3,(H,19,20). The molecule has 0 bridgehead atoms. The number of unbranched alkanes of at least 4 members (excludes halogenated alkanes) is 1. The van der Waals surface area contributed by atoms with Gasteiger partial charge in [0.05, 0.1) is 17.5 Å². The summed E-state index contributed by atoms with van der Waals surface area (Å²) in [4.78, 5) is 15.5. The van der Waals surface area contributed by atoms with E-state index in [1.165, 1.54) is 0 Å². The number of carbonyl (C=O) groups is 1. The van der Waals surface area contributed by atoms with E-state index in [0.29, 0.717) is 6.04 Å². The molecule has 0 saturated carbocycles.